The van der Waals surface area contributed by atoms with E-state index in [0.29, 0.717) is 11.5 Å². The molecule has 0 aromatic rings. The lowest BCUT2D eigenvalue weighted by atomic mass is 9.56. The predicted molar refractivity (Wildman–Crippen MR) is 58.5 cm³/mol. The van der Waals surface area contributed by atoms with Gasteiger partial charge in [-0.25, -0.2) is 0 Å². The lowest BCUT2D eigenvalue weighted by molar-refractivity contribution is 0.0801. The van der Waals surface area contributed by atoms with Gasteiger partial charge in [-0.15, -0.1) is 0 Å². The Morgan fingerprint density at radius 1 is 1.40 bits per heavy atom. The average molecular weight is 207 g/mol. The number of hydrogen-bond acceptors (Lipinski definition) is 4. The molecule has 0 aromatic carbocycles. The van der Waals surface area contributed by atoms with E-state index in [1.165, 1.54) is 7.37 Å². The summed E-state index contributed by atoms with van der Waals surface area (Å²) < 4.78 is 15.3. The fraction of sp³-hybridized carbons (Fsp3) is 0.333. The zero-order valence-electron chi connectivity index (χ0n) is 8.95. The van der Waals surface area contributed by atoms with Crippen molar-refractivity contribution in [2.45, 2.75) is 19.4 Å². The first-order chi connectivity index (χ1) is 6.80. The van der Waals surface area contributed by atoms with E-state index >= 15 is 0 Å². The molecule has 0 amide bonds. The summed E-state index contributed by atoms with van der Waals surface area (Å²) in [6.45, 7) is 13.8. The minimum Gasteiger partial charge on any atom is -0.563 e. The normalized spacial score (nSPS) is 15.8. The molecule has 6 heteroatoms. The van der Waals surface area contributed by atoms with Gasteiger partial charge in [0, 0.05) is 0 Å². The number of hydrogen-bond donors (Lipinski definition) is 1. The van der Waals surface area contributed by atoms with Crippen LogP contribution in [0.1, 0.15) is 13.8 Å². The topological polar surface area (TPSA) is 47.9 Å². The first kappa shape index (κ1) is 11.8. The minimum atomic E-state index is -1.11. The summed E-state index contributed by atoms with van der Waals surface area (Å²) in [5.74, 6) is 0.945. The van der Waals surface area contributed by atoms with Gasteiger partial charge in [-0.05, 0) is 13.8 Å². The van der Waals surface area contributed by atoms with Gasteiger partial charge < -0.3 is 19.1 Å². The van der Waals surface area contributed by atoms with Crippen molar-refractivity contribution in [3.05, 3.63) is 37.0 Å². The molecule has 0 saturated carbocycles. The van der Waals surface area contributed by atoms with Gasteiger partial charge in [0.1, 0.15) is 17.1 Å². The summed E-state index contributed by atoms with van der Waals surface area (Å²) in [5, 5.41) is 9.50. The highest BCUT2D eigenvalue weighted by Gasteiger charge is 2.36. The standard InChI is InChI=1S/C9H13B2O4/c1-6-7(2)15-11(14-6)10-13-8(3)9(4,5)12/h12H,1-3H2,4-5H3. The van der Waals surface area contributed by atoms with Crippen LogP contribution in [0.4, 0.5) is 0 Å². The van der Waals surface area contributed by atoms with E-state index in [4.69, 9.17) is 14.0 Å². The Hall–Kier alpha value is -1.29. The van der Waals surface area contributed by atoms with Gasteiger partial charge in [-0.3, -0.25) is 0 Å². The van der Waals surface area contributed by atoms with Gasteiger partial charge >= 0.3 is 14.4 Å². The Kier molecular flexibility index (Phi) is 3.19. The zero-order valence-corrected chi connectivity index (χ0v) is 8.95. The molecule has 79 valence electrons. The molecule has 1 radical (unpaired) electrons. The Morgan fingerprint density at radius 2 is 1.87 bits per heavy atom. The molecule has 1 fully saturated rings. The van der Waals surface area contributed by atoms with Gasteiger partial charge in [0.2, 0.25) is 0 Å². The third-order valence-electron chi connectivity index (χ3n) is 1.83. The largest absolute Gasteiger partial charge is 0.587 e. The van der Waals surface area contributed by atoms with Crippen molar-refractivity contribution in [1.82, 2.24) is 0 Å². The molecule has 0 bridgehead atoms. The summed E-state index contributed by atoms with van der Waals surface area (Å²) >= 11 is 0. The van der Waals surface area contributed by atoms with Crippen LogP contribution in [0.3, 0.4) is 0 Å². The molecule has 1 heterocycles. The van der Waals surface area contributed by atoms with E-state index in [1.54, 1.807) is 13.8 Å². The number of rotatable bonds is 4. The van der Waals surface area contributed by atoms with E-state index in [1.807, 2.05) is 0 Å². The second-order valence-corrected chi connectivity index (χ2v) is 3.69. The molecule has 1 aliphatic rings. The van der Waals surface area contributed by atoms with E-state index in [2.05, 4.69) is 19.7 Å². The van der Waals surface area contributed by atoms with Crippen molar-refractivity contribution in [2.24, 2.45) is 0 Å². The molecule has 15 heavy (non-hydrogen) atoms. The minimum absolute atomic E-state index is 0.206. The first-order valence-electron chi connectivity index (χ1n) is 4.44. The van der Waals surface area contributed by atoms with E-state index in [-0.39, 0.29) is 5.76 Å². The SMILES string of the molecule is C=C1OB([B]OC(=C)C(C)(C)O)OC1=C. The molecule has 1 saturated heterocycles. The summed E-state index contributed by atoms with van der Waals surface area (Å²) in [7, 11) is 0.591. The highest BCUT2D eigenvalue weighted by Crippen LogP contribution is 2.21. The molecular formula is C9H13B2O4. The van der Waals surface area contributed by atoms with Crippen LogP contribution >= 0.6 is 0 Å². The van der Waals surface area contributed by atoms with Crippen molar-refractivity contribution >= 4 is 14.4 Å². The van der Waals surface area contributed by atoms with E-state index < -0.39 is 12.6 Å². The van der Waals surface area contributed by atoms with Crippen molar-refractivity contribution in [3.8, 4) is 0 Å². The molecule has 0 spiro atoms. The van der Waals surface area contributed by atoms with Crippen LogP contribution in [0.25, 0.3) is 0 Å². The number of aliphatic hydroxyl groups is 1. The Bertz CT molecular complexity index is 290. The quantitative estimate of drug-likeness (QED) is 0.550. The van der Waals surface area contributed by atoms with Crippen molar-refractivity contribution in [2.75, 3.05) is 0 Å². The second kappa shape index (κ2) is 4.06. The van der Waals surface area contributed by atoms with Gasteiger partial charge in [-0.1, -0.05) is 19.7 Å². The van der Waals surface area contributed by atoms with Gasteiger partial charge in [0.15, 0.2) is 0 Å². The maximum atomic E-state index is 9.50. The summed E-state index contributed by atoms with van der Waals surface area (Å²) in [5.41, 5.74) is -1.11. The molecule has 1 aliphatic heterocycles. The Morgan fingerprint density at radius 3 is 2.27 bits per heavy atom. The lowest BCUT2D eigenvalue weighted by Gasteiger charge is -2.20. The van der Waals surface area contributed by atoms with Crippen LogP contribution in [0.15, 0.2) is 37.0 Å². The molecule has 0 aromatic heterocycles. The molecule has 1 rings (SSSR count). The lowest BCUT2D eigenvalue weighted by Crippen LogP contribution is -2.31. The van der Waals surface area contributed by atoms with Crippen LogP contribution in [-0.4, -0.2) is 25.1 Å². The van der Waals surface area contributed by atoms with Crippen molar-refractivity contribution in [3.63, 3.8) is 0 Å². The second-order valence-electron chi connectivity index (χ2n) is 3.69. The van der Waals surface area contributed by atoms with Crippen LogP contribution < -0.4 is 0 Å². The first-order valence-corrected chi connectivity index (χ1v) is 4.44. The smallest absolute Gasteiger partial charge is 0.563 e. The maximum absolute atomic E-state index is 9.50. The van der Waals surface area contributed by atoms with Crippen molar-refractivity contribution < 1.29 is 19.1 Å². The molecule has 1 N–H and O–H groups in total. The van der Waals surface area contributed by atoms with Crippen LogP contribution in [0.5, 0.6) is 0 Å². The van der Waals surface area contributed by atoms with Gasteiger partial charge in [-0.2, -0.15) is 0 Å². The zero-order chi connectivity index (χ0) is 11.6. The van der Waals surface area contributed by atoms with Crippen LogP contribution in [-0.2, 0) is 14.0 Å². The molecule has 4 nitrogen and oxygen atoms in total. The van der Waals surface area contributed by atoms with Crippen molar-refractivity contribution in [1.29, 1.82) is 0 Å². The fourth-order valence-corrected chi connectivity index (χ4v) is 0.773. The summed E-state index contributed by atoms with van der Waals surface area (Å²) in [4.78, 5) is 0. The summed E-state index contributed by atoms with van der Waals surface area (Å²) in [6.07, 6.45) is 0. The molecule has 0 unspecified atom stereocenters. The molecule has 0 aliphatic carbocycles. The van der Waals surface area contributed by atoms with E-state index in [9.17, 15) is 5.11 Å². The highest BCUT2D eigenvalue weighted by atomic mass is 16.6. The maximum Gasteiger partial charge on any atom is 0.587 e. The fourth-order valence-electron chi connectivity index (χ4n) is 0.773. The third-order valence-corrected chi connectivity index (χ3v) is 1.83. The molecular weight excluding hydrogens is 194 g/mol. The molecule has 0 atom stereocenters. The van der Waals surface area contributed by atoms with Crippen LogP contribution in [0.2, 0.25) is 0 Å². The van der Waals surface area contributed by atoms with E-state index in [0.717, 1.165) is 0 Å². The highest BCUT2D eigenvalue weighted by molar-refractivity contribution is 7.03. The van der Waals surface area contributed by atoms with Gasteiger partial charge in [0.25, 0.3) is 0 Å². The van der Waals surface area contributed by atoms with Crippen LogP contribution in [0, 0.1) is 0 Å². The summed E-state index contributed by atoms with van der Waals surface area (Å²) in [6, 6.07) is 0. The predicted octanol–water partition coefficient (Wildman–Crippen LogP) is 0.966. The Balaban J connectivity index is 2.37. The van der Waals surface area contributed by atoms with Gasteiger partial charge in [0.05, 0.1) is 5.76 Å². The Labute approximate surface area is 90.6 Å². The third kappa shape index (κ3) is 3.09. The average Bonchev–Trinajstić information content (AvgIpc) is 2.41. The monoisotopic (exact) mass is 207 g/mol.